The lowest BCUT2D eigenvalue weighted by Gasteiger charge is -2.41. The summed E-state index contributed by atoms with van der Waals surface area (Å²) in [7, 11) is 0. The van der Waals surface area contributed by atoms with E-state index in [1.165, 1.54) is 0 Å². The summed E-state index contributed by atoms with van der Waals surface area (Å²) in [5.41, 5.74) is -0.715. The number of likely N-dealkylation sites (tertiary alicyclic amines) is 1. The van der Waals surface area contributed by atoms with E-state index in [0.29, 0.717) is 38.1 Å². The van der Waals surface area contributed by atoms with Crippen molar-refractivity contribution in [2.45, 2.75) is 50.5 Å². The molecular weight excluding hydrogens is 258 g/mol. The molecule has 0 bridgehead atoms. The van der Waals surface area contributed by atoms with E-state index >= 15 is 0 Å². The second-order valence-electron chi connectivity index (χ2n) is 6.59. The summed E-state index contributed by atoms with van der Waals surface area (Å²) in [6.45, 7) is 2.85. The molecule has 1 saturated heterocycles. The minimum absolute atomic E-state index is 0.239. The van der Waals surface area contributed by atoms with Crippen LogP contribution in [-0.2, 0) is 4.79 Å². The lowest BCUT2D eigenvalue weighted by atomic mass is 9.78. The largest absolute Gasteiger partial charge is 0.481 e. The quantitative estimate of drug-likeness (QED) is 0.704. The Morgan fingerprint density at radius 2 is 1.95 bits per heavy atom. The molecule has 0 aromatic carbocycles. The Bertz CT molecular complexity index is 324. The van der Waals surface area contributed by atoms with Gasteiger partial charge in [-0.2, -0.15) is 0 Å². The maximum atomic E-state index is 11.0. The molecule has 5 nitrogen and oxygen atoms in total. The third-order valence-electron chi connectivity index (χ3n) is 4.92. The van der Waals surface area contributed by atoms with Gasteiger partial charge in [0.05, 0.1) is 11.5 Å². The van der Waals surface area contributed by atoms with E-state index in [4.69, 9.17) is 10.2 Å². The van der Waals surface area contributed by atoms with Crippen molar-refractivity contribution in [2.24, 2.45) is 11.8 Å². The van der Waals surface area contributed by atoms with Crippen LogP contribution in [0.4, 0.5) is 0 Å². The summed E-state index contributed by atoms with van der Waals surface area (Å²) in [5, 5.41) is 28.7. The molecule has 2 rings (SSSR count). The van der Waals surface area contributed by atoms with Crippen molar-refractivity contribution < 1.29 is 20.1 Å². The molecule has 1 atom stereocenters. The van der Waals surface area contributed by atoms with Crippen molar-refractivity contribution in [2.75, 3.05) is 26.2 Å². The minimum Gasteiger partial charge on any atom is -0.481 e. The molecule has 2 fully saturated rings. The Kier molecular flexibility index (Phi) is 5.41. The summed E-state index contributed by atoms with van der Waals surface area (Å²) in [4.78, 5) is 13.3. The predicted molar refractivity (Wildman–Crippen MR) is 75.4 cm³/mol. The third kappa shape index (κ3) is 4.17. The highest BCUT2D eigenvalue weighted by molar-refractivity contribution is 5.70. The topological polar surface area (TPSA) is 81.0 Å². The van der Waals surface area contributed by atoms with E-state index in [2.05, 4.69) is 4.90 Å². The van der Waals surface area contributed by atoms with E-state index in [1.807, 2.05) is 0 Å². The van der Waals surface area contributed by atoms with Gasteiger partial charge in [0.25, 0.3) is 0 Å². The average molecular weight is 285 g/mol. The van der Waals surface area contributed by atoms with Crippen molar-refractivity contribution in [1.82, 2.24) is 4.90 Å². The Balaban J connectivity index is 1.81. The van der Waals surface area contributed by atoms with E-state index in [-0.39, 0.29) is 12.5 Å². The Morgan fingerprint density at radius 1 is 1.25 bits per heavy atom. The van der Waals surface area contributed by atoms with Crippen LogP contribution < -0.4 is 0 Å². The number of hydrogen-bond acceptors (Lipinski definition) is 4. The number of β-amino-alcohol motifs (C(OH)–C–C–N with tert-alkyl or cyclic N) is 1. The zero-order chi connectivity index (χ0) is 14.6. The molecule has 0 aromatic rings. The second kappa shape index (κ2) is 6.87. The lowest BCUT2D eigenvalue weighted by Crippen LogP contribution is -2.49. The number of aliphatic hydroxyl groups excluding tert-OH is 1. The molecule has 2 aliphatic rings. The SMILES string of the molecule is O=C(O)C1CCC(O)(CN2CCCC(CCO)C2)CC1. The molecule has 1 aliphatic carbocycles. The van der Waals surface area contributed by atoms with Crippen molar-refractivity contribution >= 4 is 5.97 Å². The number of rotatable bonds is 5. The lowest BCUT2D eigenvalue weighted by molar-refractivity contribution is -0.145. The van der Waals surface area contributed by atoms with Crippen LogP contribution >= 0.6 is 0 Å². The van der Waals surface area contributed by atoms with E-state index in [0.717, 1.165) is 32.4 Å². The van der Waals surface area contributed by atoms with Crippen LogP contribution in [0.2, 0.25) is 0 Å². The second-order valence-corrected chi connectivity index (χ2v) is 6.59. The summed E-state index contributed by atoms with van der Waals surface area (Å²) < 4.78 is 0. The van der Waals surface area contributed by atoms with Gasteiger partial charge in [0, 0.05) is 19.7 Å². The van der Waals surface area contributed by atoms with Crippen molar-refractivity contribution in [1.29, 1.82) is 0 Å². The Labute approximate surface area is 120 Å². The molecule has 20 heavy (non-hydrogen) atoms. The van der Waals surface area contributed by atoms with Crippen molar-refractivity contribution in [3.63, 3.8) is 0 Å². The van der Waals surface area contributed by atoms with Crippen LogP contribution in [0.1, 0.15) is 44.9 Å². The molecule has 0 radical (unpaired) electrons. The molecule has 0 spiro atoms. The van der Waals surface area contributed by atoms with Crippen LogP contribution in [0, 0.1) is 11.8 Å². The number of carbonyl (C=O) groups is 1. The molecule has 1 saturated carbocycles. The first-order valence-corrected chi connectivity index (χ1v) is 7.81. The van der Waals surface area contributed by atoms with Crippen molar-refractivity contribution in [3.05, 3.63) is 0 Å². The number of carboxylic acids is 1. The molecule has 0 amide bonds. The van der Waals surface area contributed by atoms with Gasteiger partial charge in [-0.25, -0.2) is 0 Å². The summed E-state index contributed by atoms with van der Waals surface area (Å²) in [6, 6.07) is 0. The molecular formula is C15H27NO4. The third-order valence-corrected chi connectivity index (χ3v) is 4.92. The Morgan fingerprint density at radius 3 is 2.55 bits per heavy atom. The van der Waals surface area contributed by atoms with Crippen LogP contribution in [0.3, 0.4) is 0 Å². The smallest absolute Gasteiger partial charge is 0.306 e. The van der Waals surface area contributed by atoms with Crippen LogP contribution in [0.25, 0.3) is 0 Å². The monoisotopic (exact) mass is 285 g/mol. The van der Waals surface area contributed by atoms with Gasteiger partial charge < -0.3 is 20.2 Å². The van der Waals surface area contributed by atoms with Gasteiger partial charge in [-0.15, -0.1) is 0 Å². The standard InChI is InChI=1S/C15H27NO4/c17-9-5-12-2-1-8-16(10-12)11-15(20)6-3-13(4-7-15)14(18)19/h12-13,17,20H,1-11H2,(H,18,19). The van der Waals surface area contributed by atoms with Crippen LogP contribution in [0.5, 0.6) is 0 Å². The van der Waals surface area contributed by atoms with Gasteiger partial charge in [0.15, 0.2) is 0 Å². The number of carboxylic acid groups (broad SMARTS) is 1. The van der Waals surface area contributed by atoms with Gasteiger partial charge in [0.2, 0.25) is 0 Å². The summed E-state index contributed by atoms with van der Waals surface area (Å²) in [5.74, 6) is -0.473. The first kappa shape index (κ1) is 15.7. The van der Waals surface area contributed by atoms with Crippen LogP contribution in [-0.4, -0.2) is 58.0 Å². The van der Waals surface area contributed by atoms with E-state index in [1.54, 1.807) is 0 Å². The molecule has 116 valence electrons. The predicted octanol–water partition coefficient (Wildman–Crippen LogP) is 1.09. The number of piperidine rings is 1. The molecule has 1 unspecified atom stereocenters. The van der Waals surface area contributed by atoms with E-state index < -0.39 is 11.6 Å². The van der Waals surface area contributed by atoms with Crippen LogP contribution in [0.15, 0.2) is 0 Å². The van der Waals surface area contributed by atoms with Gasteiger partial charge in [-0.3, -0.25) is 4.79 Å². The first-order chi connectivity index (χ1) is 9.52. The molecule has 3 N–H and O–H groups in total. The minimum atomic E-state index is -0.729. The fourth-order valence-corrected chi connectivity index (χ4v) is 3.69. The maximum Gasteiger partial charge on any atom is 0.306 e. The summed E-state index contributed by atoms with van der Waals surface area (Å²) >= 11 is 0. The van der Waals surface area contributed by atoms with Gasteiger partial charge in [-0.1, -0.05) is 0 Å². The van der Waals surface area contributed by atoms with Gasteiger partial charge in [0.1, 0.15) is 0 Å². The molecule has 1 aliphatic heterocycles. The molecule has 1 heterocycles. The van der Waals surface area contributed by atoms with E-state index in [9.17, 15) is 9.90 Å². The summed E-state index contributed by atoms with van der Waals surface area (Å²) in [6.07, 6.45) is 5.47. The maximum absolute atomic E-state index is 11.0. The normalized spacial score (nSPS) is 35.9. The Hall–Kier alpha value is -0.650. The van der Waals surface area contributed by atoms with Crippen molar-refractivity contribution in [3.8, 4) is 0 Å². The number of nitrogens with zero attached hydrogens (tertiary/aromatic N) is 1. The highest BCUT2D eigenvalue weighted by Crippen LogP contribution is 2.34. The zero-order valence-corrected chi connectivity index (χ0v) is 12.1. The average Bonchev–Trinajstić information content (AvgIpc) is 2.39. The first-order valence-electron chi connectivity index (χ1n) is 7.81. The van der Waals surface area contributed by atoms with Gasteiger partial charge >= 0.3 is 5.97 Å². The number of aliphatic carboxylic acids is 1. The fourth-order valence-electron chi connectivity index (χ4n) is 3.69. The highest BCUT2D eigenvalue weighted by atomic mass is 16.4. The number of aliphatic hydroxyl groups is 2. The van der Waals surface area contributed by atoms with Gasteiger partial charge in [-0.05, 0) is 57.4 Å². The molecule has 0 aromatic heterocycles. The number of hydrogen-bond donors (Lipinski definition) is 3. The zero-order valence-electron chi connectivity index (χ0n) is 12.1. The highest BCUT2D eigenvalue weighted by Gasteiger charge is 2.37. The fraction of sp³-hybridized carbons (Fsp3) is 0.933. The molecule has 5 heteroatoms.